The van der Waals surface area contributed by atoms with Crippen LogP contribution in [0, 0.1) is 5.92 Å². The van der Waals surface area contributed by atoms with E-state index in [0.29, 0.717) is 19.3 Å². The summed E-state index contributed by atoms with van der Waals surface area (Å²) < 4.78 is 29.6. The van der Waals surface area contributed by atoms with Gasteiger partial charge < -0.3 is 20.7 Å². The minimum absolute atomic E-state index is 0.0151. The van der Waals surface area contributed by atoms with Crippen molar-refractivity contribution in [1.29, 1.82) is 0 Å². The van der Waals surface area contributed by atoms with Gasteiger partial charge in [-0.15, -0.1) is 0 Å². The van der Waals surface area contributed by atoms with Crippen LogP contribution in [-0.2, 0) is 29.3 Å². The molecule has 2 heterocycles. The lowest BCUT2D eigenvalue weighted by atomic mass is 9.92. The van der Waals surface area contributed by atoms with Gasteiger partial charge in [0.05, 0.1) is 0 Å². The lowest BCUT2D eigenvalue weighted by Crippen LogP contribution is -2.64. The Labute approximate surface area is 186 Å². The molecule has 4 amide bonds. The molecule has 6 N–H and O–H groups in total. The highest BCUT2D eigenvalue weighted by atomic mass is 32.2. The van der Waals surface area contributed by atoms with Crippen LogP contribution in [0.3, 0.4) is 0 Å². The van der Waals surface area contributed by atoms with Gasteiger partial charge in [-0.05, 0) is 44.4 Å². The first-order chi connectivity index (χ1) is 15.0. The van der Waals surface area contributed by atoms with Gasteiger partial charge in [-0.25, -0.2) is 14.7 Å². The van der Waals surface area contributed by atoms with Crippen LogP contribution in [0.15, 0.2) is 12.2 Å². The number of allylic oxidation sites excluding steroid dienone is 1. The van der Waals surface area contributed by atoms with Crippen LogP contribution in [0.2, 0.25) is 0 Å². The number of primary amides is 1. The summed E-state index contributed by atoms with van der Waals surface area (Å²) in [6, 6.07) is -0.894. The van der Waals surface area contributed by atoms with Gasteiger partial charge in [0.1, 0.15) is 6.04 Å². The molecule has 2 fully saturated rings. The predicted molar refractivity (Wildman–Crippen MR) is 112 cm³/mol. The second-order valence-electron chi connectivity index (χ2n) is 8.42. The van der Waals surface area contributed by atoms with E-state index in [1.807, 2.05) is 6.08 Å². The van der Waals surface area contributed by atoms with E-state index in [1.165, 1.54) is 4.72 Å². The van der Waals surface area contributed by atoms with Gasteiger partial charge in [0, 0.05) is 19.0 Å². The van der Waals surface area contributed by atoms with Crippen molar-refractivity contribution in [2.24, 2.45) is 16.8 Å². The maximum Gasteiger partial charge on any atom is 0.406 e. The second kappa shape index (κ2) is 9.45. The van der Waals surface area contributed by atoms with E-state index in [0.717, 1.165) is 24.2 Å². The largest absolute Gasteiger partial charge is 0.423 e. The summed E-state index contributed by atoms with van der Waals surface area (Å²) in [5, 5.41) is 7.84. The SMILES string of the molecule is NC(=O)OC1(C(=O)NS(N)(=O)=O)CCCCCC=CC2CC2NC(=O)C2CCCN2C1=O. The number of carbonyl (C=O) groups is 4. The van der Waals surface area contributed by atoms with Crippen LogP contribution >= 0.6 is 0 Å². The van der Waals surface area contributed by atoms with Crippen LogP contribution < -0.4 is 20.9 Å². The summed E-state index contributed by atoms with van der Waals surface area (Å²) in [6.45, 7) is 0.136. The number of ether oxygens (including phenoxy) is 1. The van der Waals surface area contributed by atoms with Crippen LogP contribution in [0.4, 0.5) is 4.79 Å². The number of nitrogens with two attached hydrogens (primary N) is 2. The summed E-state index contributed by atoms with van der Waals surface area (Å²) in [5.74, 6) is -2.52. The highest BCUT2D eigenvalue weighted by Gasteiger charge is 2.55. The maximum atomic E-state index is 13.6. The summed E-state index contributed by atoms with van der Waals surface area (Å²) in [4.78, 5) is 52.3. The molecule has 1 saturated carbocycles. The fourth-order valence-electron chi connectivity index (χ4n) is 4.31. The van der Waals surface area contributed by atoms with Crippen molar-refractivity contribution < 1.29 is 32.3 Å². The third-order valence-electron chi connectivity index (χ3n) is 5.99. The number of amides is 4. The normalized spacial score (nSPS) is 31.4. The molecule has 1 aliphatic carbocycles. The van der Waals surface area contributed by atoms with Crippen molar-refractivity contribution in [3.63, 3.8) is 0 Å². The van der Waals surface area contributed by atoms with Gasteiger partial charge in [-0.1, -0.05) is 18.6 Å². The van der Waals surface area contributed by atoms with E-state index >= 15 is 0 Å². The molecule has 13 heteroatoms. The zero-order chi connectivity index (χ0) is 23.5. The van der Waals surface area contributed by atoms with Crippen molar-refractivity contribution in [2.45, 2.75) is 69.1 Å². The average Bonchev–Trinajstić information content (AvgIpc) is 3.22. The number of hydrogen-bond donors (Lipinski definition) is 4. The van der Waals surface area contributed by atoms with E-state index in [-0.39, 0.29) is 37.3 Å². The van der Waals surface area contributed by atoms with Gasteiger partial charge in [-0.2, -0.15) is 8.42 Å². The third kappa shape index (κ3) is 5.57. The molecule has 178 valence electrons. The molecule has 12 nitrogen and oxygen atoms in total. The number of fused-ring (bicyclic) bond motifs is 2. The summed E-state index contributed by atoms with van der Waals surface area (Å²) >= 11 is 0. The zero-order valence-corrected chi connectivity index (χ0v) is 18.4. The first kappa shape index (κ1) is 24.0. The Hall–Kier alpha value is -2.67. The predicted octanol–water partition coefficient (Wildman–Crippen LogP) is -0.844. The van der Waals surface area contributed by atoms with E-state index in [4.69, 9.17) is 15.6 Å². The molecule has 3 aliphatic rings. The highest BCUT2D eigenvalue weighted by molar-refractivity contribution is 7.87. The van der Waals surface area contributed by atoms with Gasteiger partial charge in [0.15, 0.2) is 0 Å². The molecule has 0 aromatic rings. The van der Waals surface area contributed by atoms with Crippen LogP contribution in [0.5, 0.6) is 0 Å². The first-order valence-corrected chi connectivity index (χ1v) is 12.2. The number of rotatable bonds is 3. The number of nitrogens with one attached hydrogen (secondary N) is 2. The summed E-state index contributed by atoms with van der Waals surface area (Å²) in [7, 11) is -4.56. The number of carbonyl (C=O) groups excluding carboxylic acids is 4. The summed E-state index contributed by atoms with van der Waals surface area (Å²) in [6.07, 6.45) is 6.37. The first-order valence-electron chi connectivity index (χ1n) is 10.6. The van der Waals surface area contributed by atoms with Crippen molar-refractivity contribution in [1.82, 2.24) is 14.9 Å². The molecule has 4 atom stereocenters. The molecule has 32 heavy (non-hydrogen) atoms. The highest BCUT2D eigenvalue weighted by Crippen LogP contribution is 2.34. The molecular formula is C19H29N5O7S. The van der Waals surface area contributed by atoms with E-state index < -0.39 is 39.8 Å². The van der Waals surface area contributed by atoms with Crippen LogP contribution in [0.1, 0.15) is 51.4 Å². The Balaban J connectivity index is 1.97. The molecule has 0 bridgehead atoms. The number of nitrogens with zero attached hydrogens (tertiary/aromatic N) is 1. The van der Waals surface area contributed by atoms with Crippen molar-refractivity contribution >= 4 is 34.0 Å². The molecule has 1 saturated heterocycles. The van der Waals surface area contributed by atoms with E-state index in [9.17, 15) is 27.6 Å². The van der Waals surface area contributed by atoms with Gasteiger partial charge in [-0.3, -0.25) is 14.4 Å². The molecule has 2 aliphatic heterocycles. The molecule has 0 aromatic carbocycles. The van der Waals surface area contributed by atoms with Gasteiger partial charge >= 0.3 is 6.09 Å². The zero-order valence-electron chi connectivity index (χ0n) is 17.6. The Morgan fingerprint density at radius 3 is 2.66 bits per heavy atom. The lowest BCUT2D eigenvalue weighted by molar-refractivity contribution is -0.163. The fourth-order valence-corrected chi connectivity index (χ4v) is 4.74. The fraction of sp³-hybridized carbons (Fsp3) is 0.684. The molecular weight excluding hydrogens is 442 g/mol. The van der Waals surface area contributed by atoms with Crippen LogP contribution in [0.25, 0.3) is 0 Å². The summed E-state index contributed by atoms with van der Waals surface area (Å²) in [5.41, 5.74) is 2.61. The van der Waals surface area contributed by atoms with Crippen molar-refractivity contribution in [3.8, 4) is 0 Å². The van der Waals surface area contributed by atoms with Gasteiger partial charge in [0.2, 0.25) is 5.91 Å². The molecule has 0 spiro atoms. The standard InChI is InChI=1S/C19H29N5O7S/c20-18(28)31-19(16(26)23-32(21,29)30)9-5-3-1-2-4-7-12-11-13(12)22-15(25)14-8-6-10-24(14)17(19)27/h4,7,12-14H,1-3,5-6,8-11H2,(H2,20,28)(H,22,25)(H,23,26)(H2,21,29,30). The Morgan fingerprint density at radius 2 is 1.97 bits per heavy atom. The van der Waals surface area contributed by atoms with E-state index in [2.05, 4.69) is 11.4 Å². The second-order valence-corrected chi connectivity index (χ2v) is 9.72. The maximum absolute atomic E-state index is 13.6. The topological polar surface area (TPSA) is 191 Å². The lowest BCUT2D eigenvalue weighted by Gasteiger charge is -2.35. The van der Waals surface area contributed by atoms with Gasteiger partial charge in [0.25, 0.3) is 27.6 Å². The Morgan fingerprint density at radius 1 is 1.22 bits per heavy atom. The van der Waals surface area contributed by atoms with Crippen molar-refractivity contribution in [2.75, 3.05) is 6.54 Å². The third-order valence-corrected chi connectivity index (χ3v) is 6.46. The molecule has 0 aromatic heterocycles. The smallest absolute Gasteiger partial charge is 0.406 e. The Bertz CT molecular complexity index is 921. The molecule has 0 radical (unpaired) electrons. The monoisotopic (exact) mass is 471 g/mol. The minimum Gasteiger partial charge on any atom is -0.423 e. The molecule has 3 rings (SSSR count). The quantitative estimate of drug-likeness (QED) is 0.304. The Kier molecular flexibility index (Phi) is 7.08. The van der Waals surface area contributed by atoms with Crippen LogP contribution in [-0.4, -0.2) is 61.4 Å². The minimum atomic E-state index is -4.56. The molecule has 4 unspecified atom stereocenters. The average molecular weight is 472 g/mol. The van der Waals surface area contributed by atoms with E-state index in [1.54, 1.807) is 0 Å². The number of hydrogen-bond acceptors (Lipinski definition) is 7. The van der Waals surface area contributed by atoms with Crippen molar-refractivity contribution in [3.05, 3.63) is 12.2 Å².